The summed E-state index contributed by atoms with van der Waals surface area (Å²) in [4.78, 5) is 33.7. The first-order valence-corrected chi connectivity index (χ1v) is 10.3. The second-order valence-electron chi connectivity index (χ2n) is 6.86. The number of carbonyl (C=O) groups is 2. The van der Waals surface area contributed by atoms with Crippen LogP contribution < -0.4 is 10.8 Å². The normalized spacial score (nSPS) is 17.9. The number of hydrogen-bond acceptors (Lipinski definition) is 5. The van der Waals surface area contributed by atoms with Gasteiger partial charge in [-0.25, -0.2) is 0 Å². The summed E-state index contributed by atoms with van der Waals surface area (Å²) in [7, 11) is 0. The van der Waals surface area contributed by atoms with Crippen LogP contribution in [0.15, 0.2) is 53.6 Å². The van der Waals surface area contributed by atoms with Crippen LogP contribution in [0.2, 0.25) is 5.02 Å². The van der Waals surface area contributed by atoms with E-state index < -0.39 is 5.60 Å². The zero-order chi connectivity index (χ0) is 19.6. The Kier molecular flexibility index (Phi) is 5.39. The zero-order valence-corrected chi connectivity index (χ0v) is 16.7. The highest BCUT2D eigenvalue weighted by atomic mass is 35.5. The molecule has 1 fully saturated rings. The molecule has 28 heavy (non-hydrogen) atoms. The number of piperidine rings is 1. The Morgan fingerprint density at radius 3 is 2.71 bits per heavy atom. The van der Waals surface area contributed by atoms with Crippen molar-refractivity contribution in [1.29, 1.82) is 0 Å². The number of rotatable bonds is 4. The largest absolute Gasteiger partial charge is 0.346 e. The molecule has 0 radical (unpaired) electrons. The summed E-state index contributed by atoms with van der Waals surface area (Å²) in [6.45, 7) is 1.56. The lowest BCUT2D eigenvalue weighted by Gasteiger charge is -2.36. The molecular formula is C20H20ClN3O3S. The van der Waals surface area contributed by atoms with Gasteiger partial charge in [0.25, 0.3) is 11.8 Å². The minimum Gasteiger partial charge on any atom is -0.346 e. The Morgan fingerprint density at radius 2 is 2.00 bits per heavy atom. The minimum atomic E-state index is -0.563. The van der Waals surface area contributed by atoms with Gasteiger partial charge in [0.1, 0.15) is 11.3 Å². The number of hydroxylamine groups is 1. The van der Waals surface area contributed by atoms with Gasteiger partial charge in [0, 0.05) is 30.8 Å². The third-order valence-corrected chi connectivity index (χ3v) is 6.23. The van der Waals surface area contributed by atoms with Crippen LogP contribution in [0.5, 0.6) is 0 Å². The molecule has 0 saturated carbocycles. The molecule has 2 amide bonds. The van der Waals surface area contributed by atoms with Gasteiger partial charge in [-0.2, -0.15) is 0 Å². The van der Waals surface area contributed by atoms with E-state index in [1.165, 1.54) is 0 Å². The van der Waals surface area contributed by atoms with E-state index in [-0.39, 0.29) is 11.8 Å². The predicted molar refractivity (Wildman–Crippen MR) is 108 cm³/mol. The average molecular weight is 418 g/mol. The topological polar surface area (TPSA) is 70.7 Å². The van der Waals surface area contributed by atoms with E-state index in [2.05, 4.69) is 10.8 Å². The Balaban J connectivity index is 1.35. The maximum atomic E-state index is 12.7. The van der Waals surface area contributed by atoms with Crippen LogP contribution in [-0.4, -0.2) is 35.4 Å². The van der Waals surface area contributed by atoms with Crippen LogP contribution in [0, 0.1) is 0 Å². The highest BCUT2D eigenvalue weighted by molar-refractivity contribution is 7.09. The Hall–Kier alpha value is -2.35. The monoisotopic (exact) mass is 417 g/mol. The van der Waals surface area contributed by atoms with Crippen molar-refractivity contribution < 1.29 is 14.4 Å². The number of hydrogen-bond donors (Lipinski definition) is 2. The summed E-state index contributed by atoms with van der Waals surface area (Å²) in [5.41, 5.74) is 3.13. The number of nitrogens with one attached hydrogen (secondary N) is 2. The number of thiophene rings is 1. The molecule has 2 aromatic rings. The minimum absolute atomic E-state index is 0.0794. The smallest absolute Gasteiger partial charge is 0.269 e. The average Bonchev–Trinajstić information content (AvgIpc) is 3.37. The molecule has 1 aromatic carbocycles. The molecule has 6 nitrogen and oxygen atoms in total. The summed E-state index contributed by atoms with van der Waals surface area (Å²) in [5.74, 6) is -0.274. The predicted octanol–water partition coefficient (Wildman–Crippen LogP) is 3.11. The number of nitrogens with zero attached hydrogens (tertiary/aromatic N) is 1. The SMILES string of the molecule is O=C(NCc1cccs1)C1=CC2(CCN(C(=O)c3ccccc3Cl)CC2)ON1. The van der Waals surface area contributed by atoms with Gasteiger partial charge in [0.2, 0.25) is 0 Å². The highest BCUT2D eigenvalue weighted by Crippen LogP contribution is 2.32. The molecule has 1 saturated heterocycles. The molecule has 0 atom stereocenters. The standard InChI is InChI=1S/C20H20ClN3O3S/c21-16-6-2-1-5-15(16)19(26)24-9-7-20(8-10-24)12-17(23-27-20)18(25)22-13-14-4-3-11-28-14/h1-6,11-12,23H,7-10,13H2,(H,22,25). The summed E-state index contributed by atoms with van der Waals surface area (Å²) in [6.07, 6.45) is 3.06. The van der Waals surface area contributed by atoms with Crippen LogP contribution in [0.3, 0.4) is 0 Å². The van der Waals surface area contributed by atoms with Gasteiger partial charge in [-0.3, -0.25) is 19.9 Å². The van der Waals surface area contributed by atoms with E-state index in [0.717, 1.165) is 4.88 Å². The lowest BCUT2D eigenvalue weighted by Crippen LogP contribution is -2.46. The van der Waals surface area contributed by atoms with Crippen LogP contribution in [0.25, 0.3) is 0 Å². The summed E-state index contributed by atoms with van der Waals surface area (Å²) < 4.78 is 0. The number of amides is 2. The molecule has 4 rings (SSSR count). The van der Waals surface area contributed by atoms with E-state index in [4.69, 9.17) is 16.4 Å². The molecule has 8 heteroatoms. The molecule has 2 N–H and O–H groups in total. The molecule has 3 heterocycles. The summed E-state index contributed by atoms with van der Waals surface area (Å²) in [5, 5.41) is 5.32. The molecular weight excluding hydrogens is 398 g/mol. The zero-order valence-electron chi connectivity index (χ0n) is 15.1. The molecule has 146 valence electrons. The molecule has 1 aromatic heterocycles. The third kappa shape index (κ3) is 3.92. The van der Waals surface area contributed by atoms with Crippen LogP contribution in [0.1, 0.15) is 28.1 Å². The van der Waals surface area contributed by atoms with E-state index in [1.54, 1.807) is 40.5 Å². The first-order chi connectivity index (χ1) is 13.6. The van der Waals surface area contributed by atoms with Crippen molar-refractivity contribution in [1.82, 2.24) is 15.7 Å². The molecule has 2 aliphatic heterocycles. The fraction of sp³-hybridized carbons (Fsp3) is 0.300. The fourth-order valence-electron chi connectivity index (χ4n) is 3.41. The van der Waals surface area contributed by atoms with Gasteiger partial charge in [0.15, 0.2) is 0 Å². The number of halogens is 1. The lowest BCUT2D eigenvalue weighted by molar-refractivity contribution is -0.120. The van der Waals surface area contributed by atoms with E-state index >= 15 is 0 Å². The Morgan fingerprint density at radius 1 is 1.21 bits per heavy atom. The maximum absolute atomic E-state index is 12.7. The van der Waals surface area contributed by atoms with Crippen molar-refractivity contribution in [3.63, 3.8) is 0 Å². The lowest BCUT2D eigenvalue weighted by atomic mass is 9.90. The molecule has 1 spiro atoms. The molecule has 2 aliphatic rings. The number of benzene rings is 1. The Bertz CT molecular complexity index is 905. The van der Waals surface area contributed by atoms with Crippen LogP contribution >= 0.6 is 22.9 Å². The molecule has 0 unspecified atom stereocenters. The van der Waals surface area contributed by atoms with Gasteiger partial charge < -0.3 is 10.2 Å². The molecule has 0 bridgehead atoms. The number of carbonyl (C=O) groups excluding carboxylic acids is 2. The second kappa shape index (κ2) is 7.95. The van der Waals surface area contributed by atoms with Crippen molar-refractivity contribution in [2.24, 2.45) is 0 Å². The third-order valence-electron chi connectivity index (χ3n) is 5.02. The summed E-state index contributed by atoms with van der Waals surface area (Å²) in [6, 6.07) is 11.0. The van der Waals surface area contributed by atoms with Gasteiger partial charge in [0.05, 0.1) is 17.1 Å². The van der Waals surface area contributed by atoms with Crippen LogP contribution in [0.4, 0.5) is 0 Å². The quantitative estimate of drug-likeness (QED) is 0.801. The van der Waals surface area contributed by atoms with Crippen molar-refractivity contribution >= 4 is 34.8 Å². The van der Waals surface area contributed by atoms with Crippen molar-refractivity contribution in [2.45, 2.75) is 25.0 Å². The van der Waals surface area contributed by atoms with E-state index in [0.29, 0.717) is 48.8 Å². The van der Waals surface area contributed by atoms with E-state index in [9.17, 15) is 9.59 Å². The maximum Gasteiger partial charge on any atom is 0.269 e. The van der Waals surface area contributed by atoms with Gasteiger partial charge in [-0.1, -0.05) is 29.8 Å². The van der Waals surface area contributed by atoms with Gasteiger partial charge in [-0.05, 0) is 29.7 Å². The van der Waals surface area contributed by atoms with Crippen molar-refractivity contribution in [2.75, 3.05) is 13.1 Å². The van der Waals surface area contributed by atoms with Crippen LogP contribution in [-0.2, 0) is 16.2 Å². The Labute approximate surface area is 172 Å². The fourth-order valence-corrected chi connectivity index (χ4v) is 4.27. The molecule has 0 aliphatic carbocycles. The van der Waals surface area contributed by atoms with Crippen molar-refractivity contribution in [3.8, 4) is 0 Å². The first kappa shape index (κ1) is 19.0. The van der Waals surface area contributed by atoms with Crippen molar-refractivity contribution in [3.05, 3.63) is 69.0 Å². The van der Waals surface area contributed by atoms with E-state index in [1.807, 2.05) is 23.6 Å². The first-order valence-electron chi connectivity index (χ1n) is 9.08. The second-order valence-corrected chi connectivity index (χ2v) is 8.30. The van der Waals surface area contributed by atoms with Gasteiger partial charge in [-0.15, -0.1) is 11.3 Å². The summed E-state index contributed by atoms with van der Waals surface area (Å²) >= 11 is 7.74. The number of likely N-dealkylation sites (tertiary alicyclic amines) is 1. The highest BCUT2D eigenvalue weighted by Gasteiger charge is 2.41. The van der Waals surface area contributed by atoms with Gasteiger partial charge >= 0.3 is 0 Å².